The van der Waals surface area contributed by atoms with Crippen LogP contribution in [0.4, 0.5) is 4.79 Å². The number of hydrogen-bond acceptors (Lipinski definition) is 6. The molecule has 8 nitrogen and oxygen atoms in total. The van der Waals surface area contributed by atoms with Crippen LogP contribution in [0.2, 0.25) is 0 Å². The SMILES string of the molecule is CC(C)OC(=O)NS(=O)(=O)NC1CCN(CC#N)CC1. The first-order valence-electron chi connectivity index (χ1n) is 6.42. The van der Waals surface area contributed by atoms with E-state index < -0.39 is 16.3 Å². The fraction of sp³-hybridized carbons (Fsp3) is 0.818. The highest BCUT2D eigenvalue weighted by atomic mass is 32.2. The Morgan fingerprint density at radius 1 is 1.45 bits per heavy atom. The number of carbonyl (C=O) groups is 1. The molecular formula is C11H20N4O4S. The fourth-order valence-corrected chi connectivity index (χ4v) is 2.91. The van der Waals surface area contributed by atoms with Crippen molar-refractivity contribution in [2.24, 2.45) is 0 Å². The normalized spacial score (nSPS) is 17.7. The van der Waals surface area contributed by atoms with E-state index in [1.807, 2.05) is 4.90 Å². The lowest BCUT2D eigenvalue weighted by molar-refractivity contribution is 0.121. The molecule has 1 aliphatic rings. The lowest BCUT2D eigenvalue weighted by Crippen LogP contribution is -2.49. The average Bonchev–Trinajstić information content (AvgIpc) is 2.29. The molecule has 1 heterocycles. The van der Waals surface area contributed by atoms with Crippen molar-refractivity contribution in [3.8, 4) is 6.07 Å². The summed E-state index contributed by atoms with van der Waals surface area (Å²) >= 11 is 0. The molecule has 20 heavy (non-hydrogen) atoms. The maximum Gasteiger partial charge on any atom is 0.422 e. The molecule has 1 saturated heterocycles. The van der Waals surface area contributed by atoms with Gasteiger partial charge in [-0.3, -0.25) is 4.90 Å². The molecule has 2 N–H and O–H groups in total. The highest BCUT2D eigenvalue weighted by molar-refractivity contribution is 7.88. The molecule has 0 aromatic rings. The lowest BCUT2D eigenvalue weighted by atomic mass is 10.1. The number of carbonyl (C=O) groups excluding carboxylic acids is 1. The zero-order valence-corrected chi connectivity index (χ0v) is 12.4. The molecule has 0 aliphatic carbocycles. The minimum Gasteiger partial charge on any atom is -0.446 e. The Bertz CT molecular complexity index is 463. The minimum atomic E-state index is -3.91. The van der Waals surface area contributed by atoms with E-state index in [0.29, 0.717) is 32.5 Å². The molecule has 0 saturated carbocycles. The molecule has 9 heteroatoms. The molecule has 0 aromatic heterocycles. The smallest absolute Gasteiger partial charge is 0.422 e. The van der Waals surface area contributed by atoms with E-state index in [1.165, 1.54) is 0 Å². The second-order valence-corrected chi connectivity index (χ2v) is 6.33. The molecule has 1 rings (SSSR count). The van der Waals surface area contributed by atoms with E-state index in [0.717, 1.165) is 0 Å². The van der Waals surface area contributed by atoms with Gasteiger partial charge in [0.1, 0.15) is 0 Å². The third kappa shape index (κ3) is 6.18. The molecule has 1 fully saturated rings. The molecule has 0 atom stereocenters. The van der Waals surface area contributed by atoms with Gasteiger partial charge in [0, 0.05) is 19.1 Å². The van der Waals surface area contributed by atoms with Gasteiger partial charge in [-0.05, 0) is 26.7 Å². The summed E-state index contributed by atoms with van der Waals surface area (Å²) in [6.07, 6.45) is -0.183. The molecule has 1 amide bonds. The third-order valence-corrected chi connectivity index (χ3v) is 3.84. The van der Waals surface area contributed by atoms with Gasteiger partial charge in [0.2, 0.25) is 0 Å². The van der Waals surface area contributed by atoms with Gasteiger partial charge in [0.05, 0.1) is 18.7 Å². The Balaban J connectivity index is 2.40. The Labute approximate surface area is 119 Å². The summed E-state index contributed by atoms with van der Waals surface area (Å²) in [5, 5.41) is 8.58. The second-order valence-electron chi connectivity index (χ2n) is 4.89. The topological polar surface area (TPSA) is 112 Å². The monoisotopic (exact) mass is 304 g/mol. The molecule has 1 aliphatic heterocycles. The Hall–Kier alpha value is -1.37. The molecule has 0 radical (unpaired) electrons. The predicted octanol–water partition coefficient (Wildman–Crippen LogP) is -0.0566. The van der Waals surface area contributed by atoms with Crippen molar-refractivity contribution in [1.29, 1.82) is 5.26 Å². The van der Waals surface area contributed by atoms with Crippen LogP contribution >= 0.6 is 0 Å². The molecule has 0 spiro atoms. The summed E-state index contributed by atoms with van der Waals surface area (Å²) in [4.78, 5) is 13.2. The fourth-order valence-electron chi connectivity index (χ4n) is 1.91. The summed E-state index contributed by atoms with van der Waals surface area (Å²) in [6.45, 7) is 4.90. The van der Waals surface area contributed by atoms with Gasteiger partial charge >= 0.3 is 16.3 Å². The first kappa shape index (κ1) is 16.7. The zero-order chi connectivity index (χ0) is 15.2. The van der Waals surface area contributed by atoms with Crippen molar-refractivity contribution in [3.05, 3.63) is 0 Å². The van der Waals surface area contributed by atoms with E-state index >= 15 is 0 Å². The number of nitrogens with zero attached hydrogens (tertiary/aromatic N) is 2. The maximum absolute atomic E-state index is 11.7. The largest absolute Gasteiger partial charge is 0.446 e. The van der Waals surface area contributed by atoms with Gasteiger partial charge < -0.3 is 4.74 Å². The summed E-state index contributed by atoms with van der Waals surface area (Å²) in [6, 6.07) is 1.82. The van der Waals surface area contributed by atoms with Gasteiger partial charge in [-0.1, -0.05) is 0 Å². The van der Waals surface area contributed by atoms with Crippen molar-refractivity contribution in [1.82, 2.24) is 14.3 Å². The molecular weight excluding hydrogens is 284 g/mol. The number of rotatable bonds is 5. The quantitative estimate of drug-likeness (QED) is 0.688. The maximum atomic E-state index is 11.7. The van der Waals surface area contributed by atoms with Crippen molar-refractivity contribution >= 4 is 16.3 Å². The third-order valence-electron chi connectivity index (χ3n) is 2.76. The number of amides is 1. The van der Waals surface area contributed by atoms with E-state index in [9.17, 15) is 13.2 Å². The van der Waals surface area contributed by atoms with Crippen LogP contribution in [0.25, 0.3) is 0 Å². The number of piperidine rings is 1. The predicted molar refractivity (Wildman–Crippen MR) is 71.9 cm³/mol. The van der Waals surface area contributed by atoms with Crippen LogP contribution in [0.15, 0.2) is 0 Å². The zero-order valence-electron chi connectivity index (χ0n) is 11.6. The van der Waals surface area contributed by atoms with Crippen molar-refractivity contribution in [2.45, 2.75) is 38.8 Å². The van der Waals surface area contributed by atoms with Crippen molar-refractivity contribution in [3.63, 3.8) is 0 Å². The van der Waals surface area contributed by atoms with Crippen LogP contribution in [0, 0.1) is 11.3 Å². The minimum absolute atomic E-state index is 0.241. The number of nitriles is 1. The summed E-state index contributed by atoms with van der Waals surface area (Å²) in [5.74, 6) is 0. The molecule has 114 valence electrons. The second kappa shape index (κ2) is 7.42. The lowest BCUT2D eigenvalue weighted by Gasteiger charge is -2.30. The first-order valence-corrected chi connectivity index (χ1v) is 7.90. The molecule has 0 unspecified atom stereocenters. The van der Waals surface area contributed by atoms with Crippen LogP contribution in [0.5, 0.6) is 0 Å². The van der Waals surface area contributed by atoms with Gasteiger partial charge in [-0.15, -0.1) is 0 Å². The van der Waals surface area contributed by atoms with Crippen LogP contribution in [-0.4, -0.2) is 51.2 Å². The van der Waals surface area contributed by atoms with E-state index in [1.54, 1.807) is 18.6 Å². The van der Waals surface area contributed by atoms with Gasteiger partial charge in [0.25, 0.3) is 0 Å². The number of ether oxygens (including phenoxy) is 1. The van der Waals surface area contributed by atoms with E-state index in [4.69, 9.17) is 10.00 Å². The standard InChI is InChI=1S/C11H20N4O4S/c1-9(2)19-11(16)14-20(17,18)13-10-3-6-15(7-4-10)8-5-12/h9-10,13H,3-4,6-8H2,1-2H3,(H,14,16). The highest BCUT2D eigenvalue weighted by Crippen LogP contribution is 2.10. The van der Waals surface area contributed by atoms with Gasteiger partial charge in [-0.2, -0.15) is 18.4 Å². The highest BCUT2D eigenvalue weighted by Gasteiger charge is 2.24. The summed E-state index contributed by atoms with van der Waals surface area (Å²) in [7, 11) is -3.91. The molecule has 0 bridgehead atoms. The first-order chi connectivity index (χ1) is 9.32. The van der Waals surface area contributed by atoms with Crippen molar-refractivity contribution in [2.75, 3.05) is 19.6 Å². The van der Waals surface area contributed by atoms with Crippen molar-refractivity contribution < 1.29 is 17.9 Å². The summed E-state index contributed by atoms with van der Waals surface area (Å²) in [5.41, 5.74) is 0. The number of nitrogens with one attached hydrogen (secondary N) is 2. The average molecular weight is 304 g/mol. The van der Waals surface area contributed by atoms with Crippen LogP contribution in [0.3, 0.4) is 0 Å². The van der Waals surface area contributed by atoms with Gasteiger partial charge in [-0.25, -0.2) is 9.52 Å². The molecule has 0 aromatic carbocycles. The number of likely N-dealkylation sites (tertiary alicyclic amines) is 1. The Kier molecular flexibility index (Phi) is 6.19. The summed E-state index contributed by atoms with van der Waals surface area (Å²) < 4.78 is 32.3. The van der Waals surface area contributed by atoms with Crippen LogP contribution < -0.4 is 9.44 Å². The Morgan fingerprint density at radius 3 is 2.55 bits per heavy atom. The van der Waals surface area contributed by atoms with E-state index in [2.05, 4.69) is 10.8 Å². The van der Waals surface area contributed by atoms with Gasteiger partial charge in [0.15, 0.2) is 0 Å². The van der Waals surface area contributed by atoms with Crippen LogP contribution in [0.1, 0.15) is 26.7 Å². The van der Waals surface area contributed by atoms with E-state index in [-0.39, 0.29) is 12.1 Å². The number of hydrogen-bond donors (Lipinski definition) is 2. The van der Waals surface area contributed by atoms with Crippen LogP contribution in [-0.2, 0) is 14.9 Å². The Morgan fingerprint density at radius 2 is 2.05 bits per heavy atom.